The Morgan fingerprint density at radius 3 is 2.59 bits per heavy atom. The number of aromatic nitrogens is 3. The van der Waals surface area contributed by atoms with Crippen molar-refractivity contribution in [2.45, 2.75) is 31.7 Å². The quantitative estimate of drug-likeness (QED) is 0.327. The van der Waals surface area contributed by atoms with Gasteiger partial charge in [0.1, 0.15) is 11.9 Å². The van der Waals surface area contributed by atoms with Crippen molar-refractivity contribution in [1.29, 1.82) is 0 Å². The molecule has 4 rings (SSSR count). The topological polar surface area (TPSA) is 119 Å². The van der Waals surface area contributed by atoms with Gasteiger partial charge in [-0.25, -0.2) is 4.39 Å². The molecule has 8 nitrogen and oxygen atoms in total. The van der Waals surface area contributed by atoms with Crippen LogP contribution in [0.5, 0.6) is 0 Å². The zero-order valence-electron chi connectivity index (χ0n) is 17.5. The van der Waals surface area contributed by atoms with Crippen molar-refractivity contribution in [3.63, 3.8) is 0 Å². The summed E-state index contributed by atoms with van der Waals surface area (Å²) in [4.78, 5) is 12.0. The lowest BCUT2D eigenvalue weighted by Crippen LogP contribution is -2.11. The lowest BCUT2D eigenvalue weighted by Gasteiger charge is -2.08. The van der Waals surface area contributed by atoms with Crippen LogP contribution < -0.4 is 11.1 Å². The number of nitrogens with one attached hydrogen (secondary N) is 1. The summed E-state index contributed by atoms with van der Waals surface area (Å²) in [6, 6.07) is 10.8. The van der Waals surface area contributed by atoms with E-state index in [0.717, 1.165) is 5.56 Å². The summed E-state index contributed by atoms with van der Waals surface area (Å²) in [6.07, 6.45) is -5.97. The van der Waals surface area contributed by atoms with Crippen molar-refractivity contribution >= 4 is 17.4 Å². The molecule has 0 saturated heterocycles. The van der Waals surface area contributed by atoms with Gasteiger partial charge in [0.15, 0.2) is 0 Å². The summed E-state index contributed by atoms with van der Waals surface area (Å²) in [5, 5.41) is 19.9. The van der Waals surface area contributed by atoms with Crippen molar-refractivity contribution in [3.05, 3.63) is 71.5 Å². The lowest BCUT2D eigenvalue weighted by molar-refractivity contribution is -0.140. The van der Waals surface area contributed by atoms with Gasteiger partial charge in [-0.1, -0.05) is 5.10 Å². The summed E-state index contributed by atoms with van der Waals surface area (Å²) in [5.41, 5.74) is 8.36. The van der Waals surface area contributed by atoms with Crippen LogP contribution in [0.3, 0.4) is 0 Å². The molecule has 0 aliphatic heterocycles. The molecule has 1 amide bonds. The first-order valence-corrected chi connectivity index (χ1v) is 10.1. The average molecular weight is 477 g/mol. The van der Waals surface area contributed by atoms with Crippen LogP contribution in [-0.4, -0.2) is 31.8 Å². The number of nitrogens with zero attached hydrogens (tertiary/aromatic N) is 3. The monoisotopic (exact) mass is 477 g/mol. The van der Waals surface area contributed by atoms with Gasteiger partial charge >= 0.3 is 12.2 Å². The Morgan fingerprint density at radius 2 is 1.91 bits per heavy atom. The Balaban J connectivity index is 1.50. The van der Waals surface area contributed by atoms with Gasteiger partial charge in [-0.05, 0) is 60.0 Å². The number of nitrogens with two attached hydrogens (primary N) is 1. The maximum Gasteiger partial charge on any atom is 0.389 e. The molecule has 0 saturated carbocycles. The minimum Gasteiger partial charge on any atom is -0.405 e. The van der Waals surface area contributed by atoms with Gasteiger partial charge in [-0.2, -0.15) is 13.2 Å². The van der Waals surface area contributed by atoms with E-state index in [1.807, 2.05) is 0 Å². The Morgan fingerprint density at radius 1 is 1.18 bits per heavy atom. The molecule has 1 aromatic carbocycles. The largest absolute Gasteiger partial charge is 0.405 e. The third-order valence-electron chi connectivity index (χ3n) is 5.09. The third kappa shape index (κ3) is 5.17. The number of anilines is 1. The van der Waals surface area contributed by atoms with Crippen LogP contribution in [0.1, 0.15) is 40.8 Å². The van der Waals surface area contributed by atoms with E-state index in [1.165, 1.54) is 12.1 Å². The molecule has 4 aromatic rings. The van der Waals surface area contributed by atoms with Gasteiger partial charge in [-0.3, -0.25) is 4.79 Å². The highest BCUT2D eigenvalue weighted by molar-refractivity contribution is 6.01. The summed E-state index contributed by atoms with van der Waals surface area (Å²) in [6.45, 7) is 0.208. The van der Waals surface area contributed by atoms with E-state index in [4.69, 9.17) is 10.2 Å². The first-order valence-electron chi connectivity index (χ1n) is 10.1. The van der Waals surface area contributed by atoms with Crippen LogP contribution in [0.15, 0.2) is 53.1 Å². The van der Waals surface area contributed by atoms with Crippen molar-refractivity contribution in [2.24, 2.45) is 5.73 Å². The van der Waals surface area contributed by atoms with Crippen LogP contribution in [0.25, 0.3) is 16.8 Å². The fraction of sp³-hybridized carbons (Fsp3) is 0.227. The minimum absolute atomic E-state index is 0.0684. The molecular weight excluding hydrogens is 458 g/mol. The SMILES string of the molecule is NC(=O)c1cc2cc(CNc3nnc(C(O)CCC(F)(F)F)o3)ccn2c1-c1ccc(F)cc1. The standard InChI is InChI=1S/C22H19F4N5O3/c23-14-3-1-13(2-4-14)18-16(19(27)33)10-15-9-12(6-8-31(15)18)11-28-21-30-29-20(34-21)17(32)5-7-22(24,25)26/h1-4,6,8-10,17,32H,5,7,11H2,(H2,27,33)(H,28,30). The molecular formula is C22H19F4N5O3. The normalized spacial score (nSPS) is 12.7. The summed E-state index contributed by atoms with van der Waals surface area (Å²) >= 11 is 0. The third-order valence-corrected chi connectivity index (χ3v) is 5.09. The van der Waals surface area contributed by atoms with Crippen LogP contribution in [0, 0.1) is 5.82 Å². The van der Waals surface area contributed by atoms with E-state index in [1.54, 1.807) is 40.9 Å². The number of hydrogen-bond acceptors (Lipinski definition) is 6. The second kappa shape index (κ2) is 9.14. The number of hydrogen-bond donors (Lipinski definition) is 3. The smallest absolute Gasteiger partial charge is 0.389 e. The zero-order valence-corrected chi connectivity index (χ0v) is 17.5. The van der Waals surface area contributed by atoms with Crippen LogP contribution in [0.4, 0.5) is 23.6 Å². The molecule has 12 heteroatoms. The molecule has 178 valence electrons. The van der Waals surface area contributed by atoms with E-state index in [9.17, 15) is 27.5 Å². The number of carbonyl (C=O) groups is 1. The highest BCUT2D eigenvalue weighted by Gasteiger charge is 2.29. The molecule has 0 aliphatic rings. The molecule has 0 aliphatic carbocycles. The van der Waals surface area contributed by atoms with Crippen LogP contribution in [-0.2, 0) is 6.54 Å². The molecule has 0 fully saturated rings. The van der Waals surface area contributed by atoms with Crippen molar-refractivity contribution in [3.8, 4) is 11.3 Å². The summed E-state index contributed by atoms with van der Waals surface area (Å²) in [7, 11) is 0. The fourth-order valence-corrected chi connectivity index (χ4v) is 3.47. The maximum absolute atomic E-state index is 13.3. The number of rotatable bonds is 8. The number of benzene rings is 1. The molecule has 34 heavy (non-hydrogen) atoms. The molecule has 0 radical (unpaired) electrons. The summed E-state index contributed by atoms with van der Waals surface area (Å²) < 4.78 is 57.2. The van der Waals surface area contributed by atoms with Gasteiger partial charge in [0.25, 0.3) is 5.91 Å². The number of amides is 1. The first-order chi connectivity index (χ1) is 16.1. The van der Waals surface area contributed by atoms with Crippen LogP contribution in [0.2, 0.25) is 0 Å². The van der Waals surface area contributed by atoms with E-state index in [0.29, 0.717) is 16.8 Å². The lowest BCUT2D eigenvalue weighted by atomic mass is 10.1. The number of fused-ring (bicyclic) bond motifs is 1. The number of alkyl halides is 3. The minimum atomic E-state index is -4.40. The predicted molar refractivity (Wildman–Crippen MR) is 113 cm³/mol. The molecule has 1 atom stereocenters. The number of aliphatic hydroxyl groups is 1. The van der Waals surface area contributed by atoms with Gasteiger partial charge < -0.3 is 25.0 Å². The zero-order chi connectivity index (χ0) is 24.5. The molecule has 3 heterocycles. The van der Waals surface area contributed by atoms with Gasteiger partial charge in [0.05, 0.1) is 11.3 Å². The highest BCUT2D eigenvalue weighted by Crippen LogP contribution is 2.29. The Bertz CT molecular complexity index is 1310. The van der Waals surface area contributed by atoms with Crippen molar-refractivity contribution in [1.82, 2.24) is 14.6 Å². The second-order valence-electron chi connectivity index (χ2n) is 7.58. The Hall–Kier alpha value is -3.93. The fourth-order valence-electron chi connectivity index (χ4n) is 3.47. The van der Waals surface area contributed by atoms with Gasteiger partial charge in [0.2, 0.25) is 5.89 Å². The maximum atomic E-state index is 13.3. The first kappa shape index (κ1) is 23.2. The van der Waals surface area contributed by atoms with Gasteiger partial charge in [-0.15, -0.1) is 5.10 Å². The van der Waals surface area contributed by atoms with Crippen LogP contribution >= 0.6 is 0 Å². The molecule has 0 bridgehead atoms. The average Bonchev–Trinajstić information content (AvgIpc) is 3.41. The number of carbonyl (C=O) groups excluding carboxylic acids is 1. The molecule has 0 spiro atoms. The van der Waals surface area contributed by atoms with E-state index < -0.39 is 36.8 Å². The Kier molecular flexibility index (Phi) is 6.24. The molecule has 3 aromatic heterocycles. The Labute approximate surface area is 190 Å². The van der Waals surface area contributed by atoms with E-state index in [-0.39, 0.29) is 24.0 Å². The highest BCUT2D eigenvalue weighted by atomic mass is 19.4. The van der Waals surface area contributed by atoms with Crippen molar-refractivity contribution in [2.75, 3.05) is 5.32 Å². The van der Waals surface area contributed by atoms with Gasteiger partial charge in [0, 0.05) is 24.7 Å². The predicted octanol–water partition coefficient (Wildman–Crippen LogP) is 4.22. The number of pyridine rings is 1. The number of halogens is 4. The summed E-state index contributed by atoms with van der Waals surface area (Å²) in [5.74, 6) is -1.36. The second-order valence-corrected chi connectivity index (χ2v) is 7.58. The van der Waals surface area contributed by atoms with E-state index >= 15 is 0 Å². The molecule has 1 unspecified atom stereocenters. The number of primary amides is 1. The van der Waals surface area contributed by atoms with Crippen molar-refractivity contribution < 1.29 is 31.9 Å². The molecule has 4 N–H and O–H groups in total. The van der Waals surface area contributed by atoms with E-state index in [2.05, 4.69) is 15.5 Å². The number of aliphatic hydroxyl groups excluding tert-OH is 1.